The van der Waals surface area contributed by atoms with Gasteiger partial charge in [0.25, 0.3) is 0 Å². The second-order valence-electron chi connectivity index (χ2n) is 5.63. The first-order valence-electron chi connectivity index (χ1n) is 7.38. The first-order chi connectivity index (χ1) is 9.43. The van der Waals surface area contributed by atoms with Crippen LogP contribution in [0, 0.1) is 0 Å². The number of fused-ring (bicyclic) bond motifs is 1. The lowest BCUT2D eigenvalue weighted by atomic mass is 10.2. The zero-order valence-electron chi connectivity index (χ0n) is 11.1. The maximum absolute atomic E-state index is 5.86. The summed E-state index contributed by atoms with van der Waals surface area (Å²) in [5, 5.41) is 0. The van der Waals surface area contributed by atoms with E-state index >= 15 is 0 Å². The van der Waals surface area contributed by atoms with Gasteiger partial charge in [0, 0.05) is 18.8 Å². The third-order valence-electron chi connectivity index (χ3n) is 4.38. The van der Waals surface area contributed by atoms with Crippen LogP contribution in [0.2, 0.25) is 0 Å². The molecule has 0 radical (unpaired) electrons. The van der Waals surface area contributed by atoms with Crippen molar-refractivity contribution in [3.8, 4) is 0 Å². The Morgan fingerprint density at radius 3 is 2.84 bits per heavy atom. The van der Waals surface area contributed by atoms with Crippen molar-refractivity contribution in [2.45, 2.75) is 50.7 Å². The quantitative estimate of drug-likeness (QED) is 0.827. The minimum atomic E-state index is 0.176. The molecule has 2 aromatic heterocycles. The Balaban J connectivity index is 1.87. The molecular formula is C15H19N3O. The molecule has 1 atom stereocenters. The van der Waals surface area contributed by atoms with Crippen molar-refractivity contribution in [1.29, 1.82) is 0 Å². The predicted molar refractivity (Wildman–Crippen MR) is 73.0 cm³/mol. The van der Waals surface area contributed by atoms with Crippen LogP contribution in [-0.2, 0) is 4.74 Å². The van der Waals surface area contributed by atoms with Gasteiger partial charge in [-0.1, -0.05) is 12.8 Å². The molecule has 1 aliphatic heterocycles. The maximum Gasteiger partial charge on any atom is 0.160 e. The molecule has 2 aromatic rings. The Labute approximate surface area is 112 Å². The highest BCUT2D eigenvalue weighted by molar-refractivity contribution is 5.71. The molecule has 2 fully saturated rings. The molecule has 1 unspecified atom stereocenters. The van der Waals surface area contributed by atoms with Gasteiger partial charge in [-0.05, 0) is 37.8 Å². The summed E-state index contributed by atoms with van der Waals surface area (Å²) in [5.74, 6) is 1.11. The van der Waals surface area contributed by atoms with Gasteiger partial charge in [-0.15, -0.1) is 0 Å². The Morgan fingerprint density at radius 2 is 2.05 bits per heavy atom. The molecular weight excluding hydrogens is 238 g/mol. The molecule has 0 aromatic carbocycles. The summed E-state index contributed by atoms with van der Waals surface area (Å²) in [7, 11) is 0. The molecule has 4 rings (SSSR count). The van der Waals surface area contributed by atoms with Gasteiger partial charge in [0.2, 0.25) is 0 Å². The zero-order valence-corrected chi connectivity index (χ0v) is 11.1. The fourth-order valence-electron chi connectivity index (χ4n) is 3.48. The average molecular weight is 257 g/mol. The van der Waals surface area contributed by atoms with Crippen molar-refractivity contribution in [3.63, 3.8) is 0 Å². The lowest BCUT2D eigenvalue weighted by Gasteiger charge is -2.18. The zero-order chi connectivity index (χ0) is 12.7. The van der Waals surface area contributed by atoms with Gasteiger partial charge in [0.15, 0.2) is 5.65 Å². The van der Waals surface area contributed by atoms with Gasteiger partial charge >= 0.3 is 0 Å². The number of ether oxygens (including phenoxy) is 1. The van der Waals surface area contributed by atoms with E-state index in [1.165, 1.54) is 25.7 Å². The van der Waals surface area contributed by atoms with Crippen LogP contribution in [0.5, 0.6) is 0 Å². The Morgan fingerprint density at radius 1 is 1.16 bits per heavy atom. The number of aromatic nitrogens is 3. The molecule has 4 nitrogen and oxygen atoms in total. The smallest absolute Gasteiger partial charge is 0.160 e. The molecule has 100 valence electrons. The third kappa shape index (κ3) is 1.86. The monoisotopic (exact) mass is 257 g/mol. The number of imidazole rings is 1. The SMILES string of the molecule is c1cnc2c(c1)nc(C1CCCO1)n2C1CCCC1. The Bertz CT molecular complexity index is 580. The van der Waals surface area contributed by atoms with E-state index in [9.17, 15) is 0 Å². The lowest BCUT2D eigenvalue weighted by Crippen LogP contribution is -2.13. The van der Waals surface area contributed by atoms with Crippen molar-refractivity contribution in [2.24, 2.45) is 0 Å². The van der Waals surface area contributed by atoms with Gasteiger partial charge in [-0.3, -0.25) is 0 Å². The molecule has 0 amide bonds. The number of nitrogens with zero attached hydrogens (tertiary/aromatic N) is 3. The van der Waals surface area contributed by atoms with Crippen LogP contribution in [0.15, 0.2) is 18.3 Å². The first-order valence-corrected chi connectivity index (χ1v) is 7.38. The van der Waals surface area contributed by atoms with Crippen LogP contribution >= 0.6 is 0 Å². The fourth-order valence-corrected chi connectivity index (χ4v) is 3.48. The van der Waals surface area contributed by atoms with E-state index in [-0.39, 0.29) is 6.10 Å². The minimum absolute atomic E-state index is 0.176. The summed E-state index contributed by atoms with van der Waals surface area (Å²) in [4.78, 5) is 9.38. The Hall–Kier alpha value is -1.42. The lowest BCUT2D eigenvalue weighted by molar-refractivity contribution is 0.101. The van der Waals surface area contributed by atoms with Gasteiger partial charge in [-0.2, -0.15) is 0 Å². The highest BCUT2D eigenvalue weighted by Crippen LogP contribution is 2.37. The highest BCUT2D eigenvalue weighted by atomic mass is 16.5. The van der Waals surface area contributed by atoms with Crippen molar-refractivity contribution in [3.05, 3.63) is 24.2 Å². The van der Waals surface area contributed by atoms with Crippen LogP contribution in [0.25, 0.3) is 11.2 Å². The van der Waals surface area contributed by atoms with Crippen LogP contribution in [0.3, 0.4) is 0 Å². The second-order valence-corrected chi connectivity index (χ2v) is 5.63. The summed E-state index contributed by atoms with van der Waals surface area (Å²) in [6.07, 6.45) is 9.43. The molecule has 0 bridgehead atoms. The highest BCUT2D eigenvalue weighted by Gasteiger charge is 2.29. The van der Waals surface area contributed by atoms with Crippen LogP contribution in [-0.4, -0.2) is 21.1 Å². The van der Waals surface area contributed by atoms with Gasteiger partial charge < -0.3 is 9.30 Å². The van der Waals surface area contributed by atoms with E-state index in [1.54, 1.807) is 0 Å². The molecule has 3 heterocycles. The fraction of sp³-hybridized carbons (Fsp3) is 0.600. The number of hydrogen-bond acceptors (Lipinski definition) is 3. The molecule has 1 aliphatic carbocycles. The normalized spacial score (nSPS) is 24.5. The summed E-state index contributed by atoms with van der Waals surface area (Å²) in [5.41, 5.74) is 2.06. The standard InChI is InChI=1S/C15H19N3O/c1-2-6-11(5-1)18-14-12(7-3-9-16-14)17-15(18)13-8-4-10-19-13/h3,7,9,11,13H,1-2,4-6,8,10H2. The van der Waals surface area contributed by atoms with Gasteiger partial charge in [0.05, 0.1) is 0 Å². The predicted octanol–water partition coefficient (Wildman–Crippen LogP) is 3.40. The van der Waals surface area contributed by atoms with Crippen LogP contribution < -0.4 is 0 Å². The largest absolute Gasteiger partial charge is 0.370 e. The second kappa shape index (κ2) is 4.60. The van der Waals surface area contributed by atoms with Crippen LogP contribution in [0.4, 0.5) is 0 Å². The summed E-state index contributed by atoms with van der Waals surface area (Å²) in [6, 6.07) is 4.60. The Kier molecular flexibility index (Phi) is 2.76. The minimum Gasteiger partial charge on any atom is -0.370 e. The summed E-state index contributed by atoms with van der Waals surface area (Å²) in [6.45, 7) is 0.867. The average Bonchev–Trinajstić information content (AvgIpc) is 3.17. The van der Waals surface area contributed by atoms with Crippen molar-refractivity contribution >= 4 is 11.2 Å². The van der Waals surface area contributed by atoms with Crippen molar-refractivity contribution in [1.82, 2.24) is 14.5 Å². The topological polar surface area (TPSA) is 39.9 Å². The van der Waals surface area contributed by atoms with Crippen molar-refractivity contribution < 1.29 is 4.74 Å². The van der Waals surface area contributed by atoms with E-state index in [0.29, 0.717) is 6.04 Å². The molecule has 4 heteroatoms. The third-order valence-corrected chi connectivity index (χ3v) is 4.38. The molecule has 1 saturated carbocycles. The molecule has 0 N–H and O–H groups in total. The van der Waals surface area contributed by atoms with E-state index in [2.05, 4.69) is 15.6 Å². The summed E-state index contributed by atoms with van der Waals surface area (Å²) >= 11 is 0. The van der Waals surface area contributed by atoms with E-state index < -0.39 is 0 Å². The van der Waals surface area contributed by atoms with E-state index in [0.717, 1.165) is 36.4 Å². The molecule has 0 spiro atoms. The van der Waals surface area contributed by atoms with Gasteiger partial charge in [0.1, 0.15) is 17.4 Å². The van der Waals surface area contributed by atoms with Crippen LogP contribution in [0.1, 0.15) is 56.5 Å². The first kappa shape index (κ1) is 11.4. The van der Waals surface area contributed by atoms with Gasteiger partial charge in [-0.25, -0.2) is 9.97 Å². The molecule has 19 heavy (non-hydrogen) atoms. The van der Waals surface area contributed by atoms with Crippen molar-refractivity contribution in [2.75, 3.05) is 6.61 Å². The summed E-state index contributed by atoms with van der Waals surface area (Å²) < 4.78 is 8.23. The number of hydrogen-bond donors (Lipinski definition) is 0. The molecule has 1 saturated heterocycles. The molecule has 2 aliphatic rings. The number of pyridine rings is 1. The van der Waals surface area contributed by atoms with E-state index in [4.69, 9.17) is 9.72 Å². The maximum atomic E-state index is 5.86. The van der Waals surface area contributed by atoms with E-state index in [1.807, 2.05) is 12.3 Å². The number of rotatable bonds is 2.